The van der Waals surface area contributed by atoms with Crippen LogP contribution in [0, 0.1) is 17.2 Å². The highest BCUT2D eigenvalue weighted by Gasteiger charge is 2.40. The van der Waals surface area contributed by atoms with Gasteiger partial charge in [0.05, 0.1) is 30.9 Å². The number of pyridine rings is 1. The van der Waals surface area contributed by atoms with E-state index in [-0.39, 0.29) is 29.8 Å². The van der Waals surface area contributed by atoms with Crippen molar-refractivity contribution in [3.05, 3.63) is 89.6 Å². The fourth-order valence-corrected chi connectivity index (χ4v) is 4.50. The van der Waals surface area contributed by atoms with Crippen molar-refractivity contribution in [2.24, 2.45) is 5.92 Å². The molecule has 0 radical (unpaired) electrons. The third-order valence-electron chi connectivity index (χ3n) is 7.01. The molecule has 0 bridgehead atoms. The van der Waals surface area contributed by atoms with Crippen molar-refractivity contribution in [1.82, 2.24) is 15.2 Å². The van der Waals surface area contributed by atoms with Crippen LogP contribution >= 0.6 is 0 Å². The molecule has 2 N–H and O–H groups in total. The molecular formula is C30H31N5O3. The van der Waals surface area contributed by atoms with Crippen LogP contribution in [0.3, 0.4) is 0 Å². The molecule has 38 heavy (non-hydrogen) atoms. The minimum Gasteiger partial charge on any atom is -0.485 e. The van der Waals surface area contributed by atoms with Gasteiger partial charge in [-0.25, -0.2) is 4.98 Å². The van der Waals surface area contributed by atoms with Crippen LogP contribution in [0.1, 0.15) is 48.4 Å². The quantitative estimate of drug-likeness (QED) is 0.427. The number of ether oxygens (including phenoxy) is 1. The van der Waals surface area contributed by atoms with Gasteiger partial charge in [-0.05, 0) is 54.2 Å². The van der Waals surface area contributed by atoms with Gasteiger partial charge in [-0.3, -0.25) is 9.59 Å². The lowest BCUT2D eigenvalue weighted by Gasteiger charge is -2.39. The Morgan fingerprint density at radius 2 is 1.79 bits per heavy atom. The summed E-state index contributed by atoms with van der Waals surface area (Å²) in [4.78, 5) is 31.6. The number of hydrogen-bond donors (Lipinski definition) is 2. The minimum atomic E-state index is -0.570. The second-order valence-electron chi connectivity index (χ2n) is 10.0. The van der Waals surface area contributed by atoms with Gasteiger partial charge in [0, 0.05) is 12.5 Å². The number of nitriles is 1. The maximum atomic E-state index is 13.3. The fraction of sp³-hybridized carbons (Fsp3) is 0.333. The molecule has 0 spiro atoms. The second kappa shape index (κ2) is 11.4. The highest BCUT2D eigenvalue weighted by Crippen LogP contribution is 2.33. The van der Waals surface area contributed by atoms with Gasteiger partial charge in [0.1, 0.15) is 23.7 Å². The Labute approximate surface area is 222 Å². The predicted molar refractivity (Wildman–Crippen MR) is 143 cm³/mol. The largest absolute Gasteiger partial charge is 0.485 e. The predicted octanol–water partition coefficient (Wildman–Crippen LogP) is 4.03. The molecule has 8 heteroatoms. The monoisotopic (exact) mass is 509 g/mol. The Balaban J connectivity index is 1.17. The van der Waals surface area contributed by atoms with E-state index in [1.165, 1.54) is 0 Å². The summed E-state index contributed by atoms with van der Waals surface area (Å²) in [6, 6.07) is 22.2. The van der Waals surface area contributed by atoms with Gasteiger partial charge >= 0.3 is 0 Å². The van der Waals surface area contributed by atoms with Crippen molar-refractivity contribution >= 4 is 17.6 Å². The molecule has 2 atom stereocenters. The molecule has 194 valence electrons. The fourth-order valence-electron chi connectivity index (χ4n) is 4.50. The Hall–Kier alpha value is -4.22. The van der Waals surface area contributed by atoms with Crippen LogP contribution in [0.15, 0.2) is 72.9 Å². The first-order valence-electron chi connectivity index (χ1n) is 13.0. The average Bonchev–Trinajstić information content (AvgIpc) is 3.77. The molecular weight excluding hydrogens is 478 g/mol. The zero-order valence-corrected chi connectivity index (χ0v) is 21.3. The summed E-state index contributed by atoms with van der Waals surface area (Å²) in [5.74, 6) is 1.45. The molecule has 1 saturated carbocycles. The zero-order chi connectivity index (χ0) is 26.5. The lowest BCUT2D eigenvalue weighted by atomic mass is 9.98. The second-order valence-corrected chi connectivity index (χ2v) is 10.0. The standard InChI is InChI=1S/C30H31N5O3/c1-20(22-9-7-21(15-31)8-10-22)16-33-28(23-5-3-2-4-6-23)29(36)34-27-14-13-25(17-32-27)38-26-18-35(19-26)30(37)24-11-12-24/h2-10,13-14,17,20,24,26,28,33H,11-12,16,18-19H2,1H3,(H,32,34,36)/t20-,28-/m1/s1. The lowest BCUT2D eigenvalue weighted by molar-refractivity contribution is -0.141. The van der Waals surface area contributed by atoms with Crippen molar-refractivity contribution in [2.45, 2.75) is 37.8 Å². The van der Waals surface area contributed by atoms with Gasteiger partial charge in [-0.2, -0.15) is 5.26 Å². The Morgan fingerprint density at radius 1 is 1.05 bits per heavy atom. The summed E-state index contributed by atoms with van der Waals surface area (Å²) in [6.45, 7) is 3.87. The molecule has 1 saturated heterocycles. The smallest absolute Gasteiger partial charge is 0.247 e. The molecule has 2 fully saturated rings. The SMILES string of the molecule is C[C@H](CN[C@@H](C(=O)Nc1ccc(OC2CN(C(=O)C3CC3)C2)cn1)c1ccccc1)c1ccc(C#N)cc1. The molecule has 1 aromatic heterocycles. The van der Waals surface area contributed by atoms with Gasteiger partial charge in [-0.1, -0.05) is 49.4 Å². The van der Waals surface area contributed by atoms with Crippen molar-refractivity contribution in [2.75, 3.05) is 25.0 Å². The molecule has 2 heterocycles. The molecule has 1 aliphatic heterocycles. The molecule has 0 unspecified atom stereocenters. The van der Waals surface area contributed by atoms with Gasteiger partial charge in [0.2, 0.25) is 11.8 Å². The van der Waals surface area contributed by atoms with Crippen LogP contribution in [0.25, 0.3) is 0 Å². The number of amides is 2. The minimum absolute atomic E-state index is 0.0234. The summed E-state index contributed by atoms with van der Waals surface area (Å²) < 4.78 is 5.93. The van der Waals surface area contributed by atoms with Crippen LogP contribution < -0.4 is 15.4 Å². The van der Waals surface area contributed by atoms with Crippen molar-refractivity contribution in [3.63, 3.8) is 0 Å². The van der Waals surface area contributed by atoms with E-state index in [9.17, 15) is 9.59 Å². The normalized spacial score (nSPS) is 16.6. The number of benzene rings is 2. The zero-order valence-electron chi connectivity index (χ0n) is 21.3. The van der Waals surface area contributed by atoms with E-state index < -0.39 is 6.04 Å². The van der Waals surface area contributed by atoms with Gasteiger partial charge < -0.3 is 20.3 Å². The summed E-state index contributed by atoms with van der Waals surface area (Å²) >= 11 is 0. The van der Waals surface area contributed by atoms with Crippen molar-refractivity contribution < 1.29 is 14.3 Å². The number of aromatic nitrogens is 1. The third kappa shape index (κ3) is 6.18. The van der Waals surface area contributed by atoms with Crippen LogP contribution in [-0.4, -0.2) is 47.4 Å². The Morgan fingerprint density at radius 3 is 2.42 bits per heavy atom. The molecule has 2 aliphatic rings. The van der Waals surface area contributed by atoms with E-state index in [2.05, 4.69) is 28.6 Å². The van der Waals surface area contributed by atoms with Crippen molar-refractivity contribution in [3.8, 4) is 11.8 Å². The van der Waals surface area contributed by atoms with E-state index in [0.717, 1.165) is 24.0 Å². The number of anilines is 1. The maximum absolute atomic E-state index is 13.3. The maximum Gasteiger partial charge on any atom is 0.247 e. The summed E-state index contributed by atoms with van der Waals surface area (Å²) in [5, 5.41) is 15.3. The molecule has 2 aromatic carbocycles. The number of likely N-dealkylation sites (tertiary alicyclic amines) is 1. The number of carbonyl (C=O) groups excluding carboxylic acids is 2. The van der Waals surface area contributed by atoms with E-state index in [1.54, 1.807) is 30.5 Å². The van der Waals surface area contributed by atoms with Crippen LogP contribution in [0.2, 0.25) is 0 Å². The van der Waals surface area contributed by atoms with Crippen LogP contribution in [-0.2, 0) is 9.59 Å². The number of nitrogens with zero attached hydrogens (tertiary/aromatic N) is 3. The molecule has 8 nitrogen and oxygen atoms in total. The first kappa shape index (κ1) is 25.4. The molecule has 5 rings (SSSR count). The Bertz CT molecular complexity index is 1290. The van der Waals surface area contributed by atoms with Crippen molar-refractivity contribution in [1.29, 1.82) is 5.26 Å². The van der Waals surface area contributed by atoms with E-state index in [0.29, 0.717) is 36.8 Å². The van der Waals surface area contributed by atoms with Crippen LogP contribution in [0.5, 0.6) is 5.75 Å². The number of carbonyl (C=O) groups is 2. The van der Waals surface area contributed by atoms with E-state index in [4.69, 9.17) is 10.00 Å². The molecule has 3 aromatic rings. The number of hydrogen-bond acceptors (Lipinski definition) is 6. The van der Waals surface area contributed by atoms with Crippen LogP contribution in [0.4, 0.5) is 5.82 Å². The average molecular weight is 510 g/mol. The summed E-state index contributed by atoms with van der Waals surface area (Å²) in [5.41, 5.74) is 2.57. The summed E-state index contributed by atoms with van der Waals surface area (Å²) in [6.07, 6.45) is 3.59. The van der Waals surface area contributed by atoms with Gasteiger partial charge in [0.15, 0.2) is 0 Å². The first-order chi connectivity index (χ1) is 18.5. The number of nitrogens with one attached hydrogen (secondary N) is 2. The first-order valence-corrected chi connectivity index (χ1v) is 13.0. The third-order valence-corrected chi connectivity index (χ3v) is 7.01. The Kier molecular flexibility index (Phi) is 7.66. The van der Waals surface area contributed by atoms with E-state index >= 15 is 0 Å². The molecule has 2 amide bonds. The van der Waals surface area contributed by atoms with Gasteiger partial charge in [0.25, 0.3) is 0 Å². The summed E-state index contributed by atoms with van der Waals surface area (Å²) in [7, 11) is 0. The topological polar surface area (TPSA) is 107 Å². The lowest BCUT2D eigenvalue weighted by Crippen LogP contribution is -2.56. The molecule has 1 aliphatic carbocycles. The van der Waals surface area contributed by atoms with E-state index in [1.807, 2.05) is 47.4 Å². The number of rotatable bonds is 10. The van der Waals surface area contributed by atoms with Gasteiger partial charge in [-0.15, -0.1) is 0 Å². The highest BCUT2D eigenvalue weighted by molar-refractivity contribution is 5.94. The highest BCUT2D eigenvalue weighted by atomic mass is 16.5.